The van der Waals surface area contributed by atoms with Crippen LogP contribution in [0.2, 0.25) is 0 Å². The fraction of sp³-hybridized carbons (Fsp3) is 0.458. The number of rotatable bonds is 6. The largest absolute Gasteiger partial charge is 0.461 e. The molecule has 1 fully saturated rings. The van der Waals surface area contributed by atoms with E-state index >= 15 is 0 Å². The van der Waals surface area contributed by atoms with Crippen molar-refractivity contribution in [3.63, 3.8) is 0 Å². The van der Waals surface area contributed by atoms with Gasteiger partial charge in [0.05, 0.1) is 18.2 Å². The quantitative estimate of drug-likeness (QED) is 0.419. The van der Waals surface area contributed by atoms with Crippen LogP contribution in [0.3, 0.4) is 0 Å². The minimum Gasteiger partial charge on any atom is -0.461 e. The molecule has 1 heterocycles. The predicted molar refractivity (Wildman–Crippen MR) is 119 cm³/mol. The molecule has 3 rings (SSSR count). The summed E-state index contributed by atoms with van der Waals surface area (Å²) in [6.45, 7) is 8.93. The fourth-order valence-corrected chi connectivity index (χ4v) is 7.24. The molecule has 1 aliphatic rings. The van der Waals surface area contributed by atoms with Gasteiger partial charge >= 0.3 is 5.97 Å². The van der Waals surface area contributed by atoms with Crippen molar-refractivity contribution >= 4 is 13.5 Å². The van der Waals surface area contributed by atoms with E-state index in [-0.39, 0.29) is 30.6 Å². The maximum atomic E-state index is 14.4. The van der Waals surface area contributed by atoms with Crippen LogP contribution < -0.4 is 0 Å². The highest BCUT2D eigenvalue weighted by Crippen LogP contribution is 2.68. The van der Waals surface area contributed by atoms with E-state index < -0.39 is 13.2 Å². The van der Waals surface area contributed by atoms with E-state index in [1.807, 2.05) is 93.0 Å². The molecule has 0 aromatic heterocycles. The number of nitrogens with zero attached hydrogens (tertiary/aromatic N) is 1. The number of benzene rings is 2. The Hall–Kier alpha value is -1.94. The van der Waals surface area contributed by atoms with Crippen LogP contribution >= 0.6 is 7.52 Å². The van der Waals surface area contributed by atoms with Crippen LogP contribution in [-0.2, 0) is 25.2 Å². The van der Waals surface area contributed by atoms with Gasteiger partial charge in [0.1, 0.15) is 6.61 Å². The molecule has 2 aromatic rings. The van der Waals surface area contributed by atoms with Crippen molar-refractivity contribution in [1.29, 1.82) is 0 Å². The summed E-state index contributed by atoms with van der Waals surface area (Å²) in [4.78, 5) is 12.8. The van der Waals surface area contributed by atoms with Gasteiger partial charge in [0.15, 0.2) is 0 Å². The molecular weight excluding hydrogens is 397 g/mol. The lowest BCUT2D eigenvalue weighted by Gasteiger charge is -2.47. The Bertz CT molecular complexity index is 879. The molecule has 0 aliphatic carbocycles. The first-order valence-electron chi connectivity index (χ1n) is 10.5. The third kappa shape index (κ3) is 5.40. The molecule has 0 N–H and O–H groups in total. The van der Waals surface area contributed by atoms with Gasteiger partial charge in [0, 0.05) is 12.1 Å². The normalized spacial score (nSPS) is 23.7. The minimum absolute atomic E-state index is 0.00737. The molecule has 5 nitrogen and oxygen atoms in total. The molecule has 1 saturated heterocycles. The van der Waals surface area contributed by atoms with Crippen LogP contribution in [0.25, 0.3) is 0 Å². The number of ether oxygens (including phenoxy) is 1. The molecule has 0 radical (unpaired) electrons. The molecule has 0 bridgehead atoms. The van der Waals surface area contributed by atoms with Crippen LogP contribution in [0.4, 0.5) is 0 Å². The van der Waals surface area contributed by atoms with Gasteiger partial charge in [-0.2, -0.15) is 0 Å². The summed E-state index contributed by atoms with van der Waals surface area (Å²) in [7, 11) is -3.35. The van der Waals surface area contributed by atoms with E-state index in [1.54, 1.807) is 0 Å². The van der Waals surface area contributed by atoms with Gasteiger partial charge in [-0.15, -0.1) is 0 Å². The number of carbonyl (C=O) groups is 1. The zero-order chi connectivity index (χ0) is 21.8. The van der Waals surface area contributed by atoms with Crippen molar-refractivity contribution in [2.24, 2.45) is 0 Å². The standard InChI is InChI=1S/C24H32NO4P/c1-19-15-16-25(24(2,3)4)30(27,29-19)22(21-13-9-6-10-14-21)17-23(26)28-18-20-11-7-5-8-12-20/h5-14,19,22H,15-18H2,1-4H3/t19-,22+,30?/m0/s1. The van der Waals surface area contributed by atoms with E-state index in [9.17, 15) is 9.36 Å². The number of hydrogen-bond acceptors (Lipinski definition) is 4. The molecule has 2 aromatic carbocycles. The Balaban J connectivity index is 1.88. The van der Waals surface area contributed by atoms with Gasteiger partial charge < -0.3 is 9.26 Å². The maximum absolute atomic E-state index is 14.4. The highest BCUT2D eigenvalue weighted by molar-refractivity contribution is 7.57. The van der Waals surface area contributed by atoms with E-state index in [0.717, 1.165) is 17.5 Å². The second-order valence-corrected chi connectivity index (χ2v) is 11.3. The van der Waals surface area contributed by atoms with Crippen molar-refractivity contribution in [3.05, 3.63) is 71.8 Å². The van der Waals surface area contributed by atoms with Gasteiger partial charge in [-0.25, -0.2) is 4.67 Å². The van der Waals surface area contributed by atoms with Gasteiger partial charge in [0.2, 0.25) is 0 Å². The monoisotopic (exact) mass is 429 g/mol. The third-order valence-electron chi connectivity index (χ3n) is 5.37. The Morgan fingerprint density at radius 3 is 2.33 bits per heavy atom. The predicted octanol–water partition coefficient (Wildman–Crippen LogP) is 5.96. The topological polar surface area (TPSA) is 55.8 Å². The van der Waals surface area contributed by atoms with Gasteiger partial charge in [-0.3, -0.25) is 9.36 Å². The molecular formula is C24H32NO4P. The first-order chi connectivity index (χ1) is 14.2. The second-order valence-electron chi connectivity index (χ2n) is 8.84. The van der Waals surface area contributed by atoms with E-state index in [2.05, 4.69) is 0 Å². The Morgan fingerprint density at radius 2 is 1.73 bits per heavy atom. The van der Waals surface area contributed by atoms with Crippen LogP contribution in [0.1, 0.15) is 57.3 Å². The summed E-state index contributed by atoms with van der Waals surface area (Å²) in [6.07, 6.45) is 0.690. The van der Waals surface area contributed by atoms with Gasteiger partial charge in [-0.05, 0) is 45.2 Å². The minimum atomic E-state index is -3.35. The summed E-state index contributed by atoms with van der Waals surface area (Å²) >= 11 is 0. The third-order valence-corrected chi connectivity index (χ3v) is 8.77. The fourth-order valence-electron chi connectivity index (χ4n) is 3.86. The van der Waals surface area contributed by atoms with Crippen LogP contribution in [-0.4, -0.2) is 28.8 Å². The average molecular weight is 429 g/mol. The summed E-state index contributed by atoms with van der Waals surface area (Å²) in [5, 5.41) is 0. The lowest BCUT2D eigenvalue weighted by molar-refractivity contribution is -0.145. The summed E-state index contributed by atoms with van der Waals surface area (Å²) < 4.78 is 28.1. The van der Waals surface area contributed by atoms with E-state index in [1.165, 1.54) is 0 Å². The second kappa shape index (κ2) is 9.47. The highest BCUT2D eigenvalue weighted by Gasteiger charge is 2.49. The van der Waals surface area contributed by atoms with Crippen LogP contribution in [0.5, 0.6) is 0 Å². The molecule has 0 spiro atoms. The van der Waals surface area contributed by atoms with Crippen molar-refractivity contribution < 1.29 is 18.6 Å². The molecule has 3 atom stereocenters. The van der Waals surface area contributed by atoms with Crippen molar-refractivity contribution in [2.45, 2.75) is 64.4 Å². The molecule has 0 amide bonds. The maximum Gasteiger partial charge on any atom is 0.307 e. The summed E-state index contributed by atoms with van der Waals surface area (Å²) in [6, 6.07) is 19.1. The molecule has 1 unspecified atom stereocenters. The Labute approximate surface area is 179 Å². The first-order valence-corrected chi connectivity index (χ1v) is 12.2. The van der Waals surface area contributed by atoms with Crippen molar-refractivity contribution in [1.82, 2.24) is 4.67 Å². The van der Waals surface area contributed by atoms with E-state index in [0.29, 0.717) is 6.54 Å². The molecule has 162 valence electrons. The van der Waals surface area contributed by atoms with Crippen LogP contribution in [0.15, 0.2) is 60.7 Å². The lowest BCUT2D eigenvalue weighted by atomic mass is 10.1. The summed E-state index contributed by atoms with van der Waals surface area (Å²) in [5.41, 5.74) is 0.828. The zero-order valence-electron chi connectivity index (χ0n) is 18.3. The van der Waals surface area contributed by atoms with E-state index in [4.69, 9.17) is 9.26 Å². The van der Waals surface area contributed by atoms with Gasteiger partial charge in [-0.1, -0.05) is 60.7 Å². The molecule has 6 heteroatoms. The number of carbonyl (C=O) groups excluding carboxylic acids is 1. The van der Waals surface area contributed by atoms with Gasteiger partial charge in [0.25, 0.3) is 7.52 Å². The average Bonchev–Trinajstić information content (AvgIpc) is 2.70. The molecule has 0 saturated carbocycles. The first kappa shape index (κ1) is 22.7. The number of esters is 1. The summed E-state index contributed by atoms with van der Waals surface area (Å²) in [5.74, 6) is -0.376. The Morgan fingerprint density at radius 1 is 1.13 bits per heavy atom. The molecule has 1 aliphatic heterocycles. The Kier molecular flexibility index (Phi) is 7.18. The molecule has 30 heavy (non-hydrogen) atoms. The van der Waals surface area contributed by atoms with Crippen LogP contribution in [0, 0.1) is 0 Å². The number of hydrogen-bond donors (Lipinski definition) is 0. The SMILES string of the molecule is C[C@H]1CCN(C(C)(C)C)P(=O)([C@H](CC(=O)OCc2ccccc2)c2ccccc2)O1. The van der Waals surface area contributed by atoms with Crippen molar-refractivity contribution in [2.75, 3.05) is 6.54 Å². The highest BCUT2D eigenvalue weighted by atomic mass is 31.2. The lowest BCUT2D eigenvalue weighted by Crippen LogP contribution is -2.45. The smallest absolute Gasteiger partial charge is 0.307 e. The zero-order valence-corrected chi connectivity index (χ0v) is 19.2. The van der Waals surface area contributed by atoms with Crippen molar-refractivity contribution in [3.8, 4) is 0 Å².